The van der Waals surface area contributed by atoms with E-state index in [1.165, 1.54) is 90.4 Å². The second-order valence-electron chi connectivity index (χ2n) is 13.7. The molecule has 1 unspecified atom stereocenters. The molecule has 240 valence electrons. The Bertz CT molecular complexity index is 2930. The van der Waals surface area contributed by atoms with Crippen LogP contribution in [0.25, 0.3) is 63.6 Å². The Balaban J connectivity index is 1.01. The number of nitrogens with zero attached hydrogens (tertiary/aromatic N) is 1. The summed E-state index contributed by atoms with van der Waals surface area (Å²) in [5, 5.41) is 10.4. The number of hydrogen-bond donors (Lipinski definition) is 0. The summed E-state index contributed by atoms with van der Waals surface area (Å²) < 4.78 is 2.65. The molecule has 0 saturated carbocycles. The molecule has 0 saturated heterocycles. The molecule has 0 N–H and O–H groups in total. The molecule has 1 nitrogen and oxygen atoms in total. The van der Waals surface area contributed by atoms with Crippen molar-refractivity contribution in [1.82, 2.24) is 0 Å². The predicted molar refractivity (Wildman–Crippen MR) is 222 cm³/mol. The van der Waals surface area contributed by atoms with Crippen LogP contribution in [0.2, 0.25) is 0 Å². The van der Waals surface area contributed by atoms with E-state index in [1.54, 1.807) is 0 Å². The number of thioether (sulfide) groups is 1. The van der Waals surface area contributed by atoms with Gasteiger partial charge in [0.1, 0.15) is 0 Å². The third-order valence-electron chi connectivity index (χ3n) is 10.8. The summed E-state index contributed by atoms with van der Waals surface area (Å²) in [6.45, 7) is 0. The molecule has 11 rings (SSSR count). The summed E-state index contributed by atoms with van der Waals surface area (Å²) in [5.74, 6) is 0.490. The van der Waals surface area contributed by atoms with E-state index in [0.717, 1.165) is 12.1 Å². The van der Waals surface area contributed by atoms with E-state index >= 15 is 0 Å². The largest absolute Gasteiger partial charge is 0.310 e. The van der Waals surface area contributed by atoms with Crippen LogP contribution in [0.4, 0.5) is 17.1 Å². The quantitative estimate of drug-likeness (QED) is 0.170. The first-order chi connectivity index (χ1) is 25.2. The molecule has 0 spiro atoms. The van der Waals surface area contributed by atoms with Gasteiger partial charge in [-0.2, -0.15) is 0 Å². The van der Waals surface area contributed by atoms with Crippen LogP contribution in [-0.4, -0.2) is 0 Å². The number of fused-ring (bicyclic) bond motifs is 11. The number of allylic oxidation sites excluding steroid dienone is 4. The van der Waals surface area contributed by atoms with Crippen LogP contribution in [0.1, 0.15) is 17.9 Å². The van der Waals surface area contributed by atoms with Gasteiger partial charge in [-0.15, -0.1) is 11.3 Å². The lowest BCUT2D eigenvalue weighted by molar-refractivity contribution is 0.837. The van der Waals surface area contributed by atoms with Crippen molar-refractivity contribution in [2.24, 2.45) is 0 Å². The lowest BCUT2D eigenvalue weighted by Crippen LogP contribution is -2.10. The SMILES string of the molecule is C1=CCC2C(=C1)Sc1cc(N(c3ccc(-c4ccc5c(ccc6c7ccccc7ccc56)c4)cc3)c3ccc4sc5ccccc5c4c3)ccc12. The summed E-state index contributed by atoms with van der Waals surface area (Å²) in [6, 6.07) is 56.6. The van der Waals surface area contributed by atoms with Crippen molar-refractivity contribution >= 4 is 92.7 Å². The minimum Gasteiger partial charge on any atom is -0.310 e. The molecule has 0 radical (unpaired) electrons. The van der Waals surface area contributed by atoms with Gasteiger partial charge in [-0.25, -0.2) is 0 Å². The van der Waals surface area contributed by atoms with Crippen LogP contribution in [0.5, 0.6) is 0 Å². The number of hydrogen-bond acceptors (Lipinski definition) is 3. The average molecular weight is 686 g/mol. The second-order valence-corrected chi connectivity index (χ2v) is 15.9. The van der Waals surface area contributed by atoms with Crippen molar-refractivity contribution in [3.8, 4) is 11.1 Å². The van der Waals surface area contributed by atoms with Gasteiger partial charge in [0.2, 0.25) is 0 Å². The molecule has 9 aromatic rings. The molecule has 2 heterocycles. The third-order valence-corrected chi connectivity index (χ3v) is 13.2. The molecule has 0 fully saturated rings. The first-order valence-electron chi connectivity index (χ1n) is 17.6. The molecule has 1 aliphatic carbocycles. The number of benzene rings is 8. The highest BCUT2D eigenvalue weighted by atomic mass is 32.2. The van der Waals surface area contributed by atoms with Crippen molar-refractivity contribution in [3.05, 3.63) is 180 Å². The summed E-state index contributed by atoms with van der Waals surface area (Å²) in [5.41, 5.74) is 7.40. The van der Waals surface area contributed by atoms with Gasteiger partial charge in [0, 0.05) is 48.0 Å². The third kappa shape index (κ3) is 4.69. The Morgan fingerprint density at radius 3 is 2.08 bits per heavy atom. The molecule has 1 aromatic heterocycles. The first kappa shape index (κ1) is 29.2. The Kier molecular flexibility index (Phi) is 6.55. The molecule has 3 heteroatoms. The van der Waals surface area contributed by atoms with Gasteiger partial charge in [-0.05, 0) is 115 Å². The molecular formula is C48H31NS2. The van der Waals surface area contributed by atoms with E-state index in [9.17, 15) is 0 Å². The molecule has 0 bridgehead atoms. The standard InChI is InChI=1S/C48H31NS2/c1-2-8-37-31(7-1)15-23-40-38-22-16-32(27-33(38)17-24-39(37)40)30-13-18-34(19-14-30)49(35-21-26-47-44(28-35)42-10-4-6-12-46(42)50-47)36-20-25-43-41-9-3-5-11-45(41)51-48(43)29-36/h1-8,10-29,41H,9H2. The van der Waals surface area contributed by atoms with Crippen LogP contribution in [-0.2, 0) is 0 Å². The highest BCUT2D eigenvalue weighted by Gasteiger charge is 2.29. The normalized spacial score (nSPS) is 15.1. The molecule has 0 amide bonds. The van der Waals surface area contributed by atoms with Gasteiger partial charge in [0.05, 0.1) is 0 Å². The minimum atomic E-state index is 0.490. The van der Waals surface area contributed by atoms with Crippen LogP contribution in [0.3, 0.4) is 0 Å². The summed E-state index contributed by atoms with van der Waals surface area (Å²) >= 11 is 3.80. The van der Waals surface area contributed by atoms with Crippen LogP contribution < -0.4 is 4.90 Å². The zero-order chi connectivity index (χ0) is 33.5. The second kappa shape index (κ2) is 11.5. The Labute approximate surface area is 304 Å². The van der Waals surface area contributed by atoms with E-state index < -0.39 is 0 Å². The summed E-state index contributed by atoms with van der Waals surface area (Å²) in [4.78, 5) is 5.26. The van der Waals surface area contributed by atoms with E-state index in [-0.39, 0.29) is 0 Å². The zero-order valence-corrected chi connectivity index (χ0v) is 29.3. The molecular weight excluding hydrogens is 655 g/mol. The number of thiophene rings is 1. The highest BCUT2D eigenvalue weighted by Crippen LogP contribution is 2.53. The maximum absolute atomic E-state index is 2.43. The molecule has 1 atom stereocenters. The van der Waals surface area contributed by atoms with E-state index in [0.29, 0.717) is 5.92 Å². The molecule has 8 aromatic carbocycles. The zero-order valence-electron chi connectivity index (χ0n) is 27.7. The molecule has 1 aliphatic heterocycles. The Morgan fingerprint density at radius 1 is 0.490 bits per heavy atom. The van der Waals surface area contributed by atoms with Gasteiger partial charge in [-0.1, -0.05) is 127 Å². The lowest BCUT2D eigenvalue weighted by Gasteiger charge is -2.26. The maximum atomic E-state index is 2.43. The fourth-order valence-corrected chi connectivity index (χ4v) is 10.6. The average Bonchev–Trinajstić information content (AvgIpc) is 3.75. The Hall–Kier alpha value is -5.61. The first-order valence-corrected chi connectivity index (χ1v) is 19.2. The van der Waals surface area contributed by atoms with Crippen molar-refractivity contribution in [2.75, 3.05) is 4.90 Å². The van der Waals surface area contributed by atoms with Gasteiger partial charge >= 0.3 is 0 Å². The highest BCUT2D eigenvalue weighted by molar-refractivity contribution is 8.03. The van der Waals surface area contributed by atoms with Crippen molar-refractivity contribution in [2.45, 2.75) is 17.2 Å². The Morgan fingerprint density at radius 2 is 1.18 bits per heavy atom. The van der Waals surface area contributed by atoms with Gasteiger partial charge < -0.3 is 4.90 Å². The number of rotatable bonds is 4. The monoisotopic (exact) mass is 685 g/mol. The van der Waals surface area contributed by atoms with Crippen LogP contribution in [0, 0.1) is 0 Å². The van der Waals surface area contributed by atoms with Gasteiger partial charge in [-0.3, -0.25) is 0 Å². The van der Waals surface area contributed by atoms with Crippen molar-refractivity contribution < 1.29 is 0 Å². The van der Waals surface area contributed by atoms with Gasteiger partial charge in [0.15, 0.2) is 0 Å². The van der Waals surface area contributed by atoms with Crippen molar-refractivity contribution in [3.63, 3.8) is 0 Å². The van der Waals surface area contributed by atoms with E-state index in [2.05, 4.69) is 175 Å². The van der Waals surface area contributed by atoms with Gasteiger partial charge in [0.25, 0.3) is 0 Å². The minimum absolute atomic E-state index is 0.490. The maximum Gasteiger partial charge on any atom is 0.0473 e. The predicted octanol–water partition coefficient (Wildman–Crippen LogP) is 14.7. The van der Waals surface area contributed by atoms with Crippen LogP contribution >= 0.6 is 23.1 Å². The van der Waals surface area contributed by atoms with Crippen LogP contribution in [0.15, 0.2) is 180 Å². The van der Waals surface area contributed by atoms with E-state index in [1.807, 2.05) is 23.1 Å². The molecule has 2 aliphatic rings. The summed E-state index contributed by atoms with van der Waals surface area (Å²) in [7, 11) is 0. The number of anilines is 3. The fourth-order valence-electron chi connectivity index (χ4n) is 8.27. The van der Waals surface area contributed by atoms with E-state index in [4.69, 9.17) is 0 Å². The smallest absolute Gasteiger partial charge is 0.0473 e. The lowest BCUT2D eigenvalue weighted by atomic mass is 9.92. The summed E-state index contributed by atoms with van der Waals surface area (Å²) in [6.07, 6.45) is 7.88. The van der Waals surface area contributed by atoms with Crippen molar-refractivity contribution in [1.29, 1.82) is 0 Å². The fraction of sp³-hybridized carbons (Fsp3) is 0.0417. The molecule has 51 heavy (non-hydrogen) atoms. The topological polar surface area (TPSA) is 3.24 Å².